The normalized spacial score (nSPS) is 18.8. The first kappa shape index (κ1) is 8.25. The number of nitrogens with zero attached hydrogens (tertiary/aromatic N) is 2. The largest absolute Gasteiger partial charge is 0.259 e. The molecule has 0 bridgehead atoms. The van der Waals surface area contributed by atoms with Crippen LogP contribution in [0.5, 0.6) is 0 Å². The van der Waals surface area contributed by atoms with Crippen LogP contribution in [0.15, 0.2) is 18.3 Å². The number of pyridine rings is 1. The van der Waals surface area contributed by atoms with Crippen LogP contribution in [-0.2, 0) is 5.41 Å². The Morgan fingerprint density at radius 1 is 1.46 bits per heavy atom. The summed E-state index contributed by atoms with van der Waals surface area (Å²) >= 11 is 0. The van der Waals surface area contributed by atoms with E-state index in [1.165, 1.54) is 0 Å². The number of hydrogen-bond acceptors (Lipinski definition) is 2. The van der Waals surface area contributed by atoms with Gasteiger partial charge in [-0.1, -0.05) is 6.07 Å². The summed E-state index contributed by atoms with van der Waals surface area (Å²) in [6, 6.07) is 6.40. The van der Waals surface area contributed by atoms with Gasteiger partial charge < -0.3 is 0 Å². The fourth-order valence-electron chi connectivity index (χ4n) is 1.71. The first-order valence-electron chi connectivity index (χ1n) is 4.61. The van der Waals surface area contributed by atoms with E-state index in [9.17, 15) is 0 Å². The molecule has 0 N–H and O–H groups in total. The Bertz CT molecular complexity index is 341. The Labute approximate surface area is 78.2 Å². The maximum absolute atomic E-state index is 9.07. The third kappa shape index (κ3) is 1.21. The molecule has 1 heterocycles. The van der Waals surface area contributed by atoms with Crippen LogP contribution in [-0.4, -0.2) is 4.98 Å². The smallest absolute Gasteiger partial charge is 0.0993 e. The molecule has 1 aliphatic carbocycles. The van der Waals surface area contributed by atoms with Gasteiger partial charge in [-0.15, -0.1) is 0 Å². The van der Waals surface area contributed by atoms with Crippen LogP contribution >= 0.6 is 0 Å². The molecule has 1 saturated carbocycles. The zero-order chi connectivity index (χ0) is 9.31. The summed E-state index contributed by atoms with van der Waals surface area (Å²) in [6.45, 7) is 2.01. The van der Waals surface area contributed by atoms with E-state index in [4.69, 9.17) is 5.26 Å². The maximum Gasteiger partial charge on any atom is 0.0993 e. The van der Waals surface area contributed by atoms with Crippen molar-refractivity contribution < 1.29 is 0 Å². The first-order valence-corrected chi connectivity index (χ1v) is 4.61. The molecule has 2 nitrogen and oxygen atoms in total. The van der Waals surface area contributed by atoms with Crippen LogP contribution < -0.4 is 0 Å². The second-order valence-corrected chi connectivity index (χ2v) is 3.77. The molecule has 66 valence electrons. The monoisotopic (exact) mass is 172 g/mol. The third-order valence-electron chi connectivity index (χ3n) is 2.82. The number of aromatic nitrogens is 1. The number of hydrogen-bond donors (Lipinski definition) is 0. The molecular weight excluding hydrogens is 160 g/mol. The predicted molar refractivity (Wildman–Crippen MR) is 50.1 cm³/mol. The van der Waals surface area contributed by atoms with Crippen molar-refractivity contribution in [3.05, 3.63) is 29.6 Å². The van der Waals surface area contributed by atoms with E-state index in [0.29, 0.717) is 0 Å². The molecule has 13 heavy (non-hydrogen) atoms. The van der Waals surface area contributed by atoms with Crippen LogP contribution in [0.3, 0.4) is 0 Å². The van der Waals surface area contributed by atoms with Crippen molar-refractivity contribution in [1.29, 1.82) is 5.26 Å². The van der Waals surface area contributed by atoms with E-state index in [1.54, 1.807) is 0 Å². The molecule has 1 fully saturated rings. The highest BCUT2D eigenvalue weighted by molar-refractivity contribution is 5.30. The fourth-order valence-corrected chi connectivity index (χ4v) is 1.71. The number of nitriles is 1. The minimum absolute atomic E-state index is 0.256. The average Bonchev–Trinajstić information content (AvgIpc) is 2.07. The highest BCUT2D eigenvalue weighted by atomic mass is 14.7. The van der Waals surface area contributed by atoms with Gasteiger partial charge in [0, 0.05) is 6.20 Å². The van der Waals surface area contributed by atoms with Gasteiger partial charge in [0.15, 0.2) is 0 Å². The van der Waals surface area contributed by atoms with Crippen LogP contribution in [0.25, 0.3) is 0 Å². The van der Waals surface area contributed by atoms with Crippen LogP contribution in [0.1, 0.15) is 30.5 Å². The van der Waals surface area contributed by atoms with Gasteiger partial charge in [-0.2, -0.15) is 5.26 Å². The molecule has 0 amide bonds. The molecule has 0 spiro atoms. The Hall–Kier alpha value is -1.36. The minimum Gasteiger partial charge on any atom is -0.259 e. The second-order valence-electron chi connectivity index (χ2n) is 3.77. The van der Waals surface area contributed by atoms with Crippen LogP contribution in [0, 0.1) is 18.3 Å². The Morgan fingerprint density at radius 2 is 2.23 bits per heavy atom. The zero-order valence-electron chi connectivity index (χ0n) is 7.75. The van der Waals surface area contributed by atoms with Crippen LogP contribution in [0.2, 0.25) is 0 Å². The van der Waals surface area contributed by atoms with Crippen molar-refractivity contribution in [3.8, 4) is 6.07 Å². The van der Waals surface area contributed by atoms with Gasteiger partial charge in [0.1, 0.15) is 0 Å². The summed E-state index contributed by atoms with van der Waals surface area (Å²) in [5.41, 5.74) is 1.84. The Balaban J connectivity index is 2.35. The molecule has 2 heteroatoms. The summed E-state index contributed by atoms with van der Waals surface area (Å²) < 4.78 is 0. The lowest BCUT2D eigenvalue weighted by molar-refractivity contribution is 0.316. The second kappa shape index (κ2) is 2.85. The van der Waals surface area contributed by atoms with Crippen LogP contribution in [0.4, 0.5) is 0 Å². The standard InChI is InChI=1S/C11H12N2/c1-9-3-4-10(13-7-9)11(8-12)5-2-6-11/h3-4,7H,2,5-6H2,1H3. The molecule has 1 aromatic rings. The summed E-state index contributed by atoms with van der Waals surface area (Å²) in [4.78, 5) is 4.32. The molecule has 0 radical (unpaired) electrons. The number of aryl methyl sites for hydroxylation is 1. The molecule has 1 aromatic heterocycles. The summed E-state index contributed by atoms with van der Waals surface area (Å²) in [5.74, 6) is 0. The molecule has 1 aliphatic rings. The van der Waals surface area contributed by atoms with E-state index in [1.807, 2.05) is 25.3 Å². The maximum atomic E-state index is 9.07. The first-order chi connectivity index (χ1) is 6.27. The lowest BCUT2D eigenvalue weighted by Gasteiger charge is -2.34. The van der Waals surface area contributed by atoms with Crippen molar-refractivity contribution in [3.63, 3.8) is 0 Å². The summed E-state index contributed by atoms with van der Waals surface area (Å²) in [5, 5.41) is 9.07. The lowest BCUT2D eigenvalue weighted by atomic mass is 9.67. The molecule has 0 atom stereocenters. The Kier molecular flexibility index (Phi) is 1.81. The highest BCUT2D eigenvalue weighted by Crippen LogP contribution is 2.41. The summed E-state index contributed by atoms with van der Waals surface area (Å²) in [6.07, 6.45) is 4.94. The van der Waals surface area contributed by atoms with Crippen molar-refractivity contribution >= 4 is 0 Å². The van der Waals surface area contributed by atoms with E-state index < -0.39 is 0 Å². The van der Waals surface area contributed by atoms with Crippen molar-refractivity contribution in [2.24, 2.45) is 0 Å². The Morgan fingerprint density at radius 3 is 2.62 bits per heavy atom. The third-order valence-corrected chi connectivity index (χ3v) is 2.82. The lowest BCUT2D eigenvalue weighted by Crippen LogP contribution is -2.33. The quantitative estimate of drug-likeness (QED) is 0.652. The fraction of sp³-hybridized carbons (Fsp3) is 0.455. The molecule has 0 aliphatic heterocycles. The van der Waals surface area contributed by atoms with E-state index in [-0.39, 0.29) is 5.41 Å². The van der Waals surface area contributed by atoms with Crippen molar-refractivity contribution in [2.45, 2.75) is 31.6 Å². The highest BCUT2D eigenvalue weighted by Gasteiger charge is 2.40. The van der Waals surface area contributed by atoms with Crippen molar-refractivity contribution in [2.75, 3.05) is 0 Å². The van der Waals surface area contributed by atoms with Gasteiger partial charge in [0.25, 0.3) is 0 Å². The molecule has 0 saturated heterocycles. The van der Waals surface area contributed by atoms with Gasteiger partial charge in [-0.05, 0) is 37.8 Å². The number of rotatable bonds is 1. The van der Waals surface area contributed by atoms with E-state index >= 15 is 0 Å². The molecule has 0 unspecified atom stereocenters. The summed E-state index contributed by atoms with van der Waals surface area (Å²) in [7, 11) is 0. The van der Waals surface area contributed by atoms with Gasteiger partial charge in [0.05, 0.1) is 17.2 Å². The zero-order valence-corrected chi connectivity index (χ0v) is 7.75. The van der Waals surface area contributed by atoms with E-state index in [2.05, 4.69) is 11.1 Å². The van der Waals surface area contributed by atoms with Gasteiger partial charge in [-0.25, -0.2) is 0 Å². The minimum atomic E-state index is -0.256. The predicted octanol–water partition coefficient (Wildman–Crippen LogP) is 2.34. The van der Waals surface area contributed by atoms with Crippen molar-refractivity contribution in [1.82, 2.24) is 4.98 Å². The molecular formula is C11H12N2. The topological polar surface area (TPSA) is 36.7 Å². The van der Waals surface area contributed by atoms with E-state index in [0.717, 1.165) is 30.5 Å². The van der Waals surface area contributed by atoms with Gasteiger partial charge in [0.2, 0.25) is 0 Å². The average molecular weight is 172 g/mol. The molecule has 0 aromatic carbocycles. The molecule has 2 rings (SSSR count). The van der Waals surface area contributed by atoms with Gasteiger partial charge in [-0.3, -0.25) is 4.98 Å². The van der Waals surface area contributed by atoms with Gasteiger partial charge >= 0.3 is 0 Å². The SMILES string of the molecule is Cc1ccc(C2(C#N)CCC2)nc1.